The molecule has 0 atom stereocenters. The molecule has 1 heterocycles. The van der Waals surface area contributed by atoms with E-state index < -0.39 is 10.9 Å². The van der Waals surface area contributed by atoms with Crippen LogP contribution < -0.4 is 4.74 Å². The van der Waals surface area contributed by atoms with Crippen LogP contribution in [0, 0.1) is 17.0 Å². The predicted molar refractivity (Wildman–Crippen MR) is 110 cm³/mol. The molecule has 7 nitrogen and oxygen atoms in total. The number of hydrogen-bond donors (Lipinski definition) is 0. The molecule has 0 unspecified atom stereocenters. The van der Waals surface area contributed by atoms with Crippen molar-refractivity contribution in [2.45, 2.75) is 26.7 Å². The van der Waals surface area contributed by atoms with Gasteiger partial charge in [-0.15, -0.1) is 0 Å². The monoisotopic (exact) mass is 391 g/mol. The van der Waals surface area contributed by atoms with Gasteiger partial charge in [0, 0.05) is 24.3 Å². The Hall–Kier alpha value is -3.74. The van der Waals surface area contributed by atoms with Crippen molar-refractivity contribution in [2.24, 2.45) is 0 Å². The summed E-state index contributed by atoms with van der Waals surface area (Å²) in [7, 11) is 0. The molecule has 148 valence electrons. The molecule has 7 heteroatoms. The number of nitro groups is 1. The number of carbonyl (C=O) groups is 1. The van der Waals surface area contributed by atoms with Crippen molar-refractivity contribution >= 4 is 17.7 Å². The van der Waals surface area contributed by atoms with Crippen LogP contribution in [-0.4, -0.2) is 20.7 Å². The first-order chi connectivity index (χ1) is 13.8. The molecule has 2 aromatic carbocycles. The SMILES string of the molecule is Cc1ccc(-n2nc(C(C)C)cc2OC(=O)/C=C/c2ccc([N+](=O)[O-])cc2)cc1. The first-order valence-corrected chi connectivity index (χ1v) is 9.15. The lowest BCUT2D eigenvalue weighted by atomic mass is 10.1. The fourth-order valence-corrected chi connectivity index (χ4v) is 2.62. The summed E-state index contributed by atoms with van der Waals surface area (Å²) in [5.41, 5.74) is 3.38. The summed E-state index contributed by atoms with van der Waals surface area (Å²) in [6, 6.07) is 15.4. The quantitative estimate of drug-likeness (QED) is 0.260. The lowest BCUT2D eigenvalue weighted by molar-refractivity contribution is -0.384. The summed E-state index contributed by atoms with van der Waals surface area (Å²) in [5.74, 6) is -0.0578. The first kappa shape index (κ1) is 20.0. The molecule has 0 radical (unpaired) electrons. The van der Waals surface area contributed by atoms with Gasteiger partial charge in [0.2, 0.25) is 5.88 Å². The number of aryl methyl sites for hydroxylation is 1. The summed E-state index contributed by atoms with van der Waals surface area (Å²) in [4.78, 5) is 22.6. The van der Waals surface area contributed by atoms with E-state index in [1.807, 2.05) is 45.0 Å². The number of esters is 1. The molecule has 29 heavy (non-hydrogen) atoms. The lowest BCUT2D eigenvalue weighted by Gasteiger charge is -2.07. The van der Waals surface area contributed by atoms with Gasteiger partial charge >= 0.3 is 5.97 Å². The number of nitrogens with zero attached hydrogens (tertiary/aromatic N) is 3. The van der Waals surface area contributed by atoms with Gasteiger partial charge in [-0.1, -0.05) is 31.5 Å². The van der Waals surface area contributed by atoms with Gasteiger partial charge in [0.1, 0.15) is 0 Å². The van der Waals surface area contributed by atoms with Gasteiger partial charge < -0.3 is 4.74 Å². The van der Waals surface area contributed by atoms with E-state index in [0.717, 1.165) is 16.9 Å². The van der Waals surface area contributed by atoms with E-state index >= 15 is 0 Å². The maximum Gasteiger partial charge on any atom is 0.337 e. The largest absolute Gasteiger partial charge is 0.404 e. The van der Waals surface area contributed by atoms with Crippen LogP contribution in [0.15, 0.2) is 60.7 Å². The van der Waals surface area contributed by atoms with E-state index in [1.165, 1.54) is 18.2 Å². The highest BCUT2D eigenvalue weighted by Crippen LogP contribution is 2.24. The summed E-state index contributed by atoms with van der Waals surface area (Å²) >= 11 is 0. The second-order valence-corrected chi connectivity index (χ2v) is 6.91. The second-order valence-electron chi connectivity index (χ2n) is 6.91. The minimum atomic E-state index is -0.563. The average molecular weight is 391 g/mol. The molecule has 0 bridgehead atoms. The molecule has 1 aromatic heterocycles. The zero-order valence-corrected chi connectivity index (χ0v) is 16.4. The predicted octanol–water partition coefficient (Wildman–Crippen LogP) is 4.83. The third kappa shape index (κ3) is 4.95. The molecule has 0 saturated carbocycles. The third-order valence-electron chi connectivity index (χ3n) is 4.29. The molecular weight excluding hydrogens is 370 g/mol. The van der Waals surface area contributed by atoms with Gasteiger partial charge in [0.05, 0.1) is 16.3 Å². The van der Waals surface area contributed by atoms with Crippen molar-refractivity contribution in [2.75, 3.05) is 0 Å². The Morgan fingerprint density at radius 3 is 2.38 bits per heavy atom. The zero-order valence-electron chi connectivity index (χ0n) is 16.4. The molecule has 0 saturated heterocycles. The maximum absolute atomic E-state index is 12.3. The van der Waals surface area contributed by atoms with Crippen molar-refractivity contribution in [3.8, 4) is 11.6 Å². The molecule has 0 aliphatic heterocycles. The molecule has 0 aliphatic carbocycles. The number of ether oxygens (including phenoxy) is 1. The first-order valence-electron chi connectivity index (χ1n) is 9.15. The third-order valence-corrected chi connectivity index (χ3v) is 4.29. The maximum atomic E-state index is 12.3. The normalized spacial score (nSPS) is 11.2. The average Bonchev–Trinajstić information content (AvgIpc) is 3.11. The summed E-state index contributed by atoms with van der Waals surface area (Å²) in [6.45, 7) is 6.03. The molecule has 0 N–H and O–H groups in total. The van der Waals surface area contributed by atoms with E-state index in [1.54, 1.807) is 29.0 Å². The number of aromatic nitrogens is 2. The van der Waals surface area contributed by atoms with Gasteiger partial charge in [0.25, 0.3) is 5.69 Å². The highest BCUT2D eigenvalue weighted by molar-refractivity contribution is 5.88. The van der Waals surface area contributed by atoms with Crippen molar-refractivity contribution in [3.05, 3.63) is 87.6 Å². The summed E-state index contributed by atoms with van der Waals surface area (Å²) in [5, 5.41) is 15.3. The summed E-state index contributed by atoms with van der Waals surface area (Å²) in [6.07, 6.45) is 2.82. The fourth-order valence-electron chi connectivity index (χ4n) is 2.62. The molecule has 0 spiro atoms. The van der Waals surface area contributed by atoms with Gasteiger partial charge in [-0.3, -0.25) is 10.1 Å². The Labute approximate surface area is 168 Å². The summed E-state index contributed by atoms with van der Waals surface area (Å²) < 4.78 is 7.11. The van der Waals surface area contributed by atoms with Crippen molar-refractivity contribution in [1.82, 2.24) is 9.78 Å². The van der Waals surface area contributed by atoms with Gasteiger partial charge in [-0.25, -0.2) is 9.48 Å². The molecule has 0 fully saturated rings. The van der Waals surface area contributed by atoms with E-state index in [2.05, 4.69) is 5.10 Å². The van der Waals surface area contributed by atoms with Crippen LogP contribution in [-0.2, 0) is 4.79 Å². The van der Waals surface area contributed by atoms with E-state index in [4.69, 9.17) is 4.74 Å². The van der Waals surface area contributed by atoms with Crippen LogP contribution in [0.2, 0.25) is 0 Å². The van der Waals surface area contributed by atoms with Gasteiger partial charge in [-0.05, 0) is 48.7 Å². The zero-order chi connectivity index (χ0) is 21.0. The highest BCUT2D eigenvalue weighted by atomic mass is 16.6. The number of benzene rings is 2. The fraction of sp³-hybridized carbons (Fsp3) is 0.182. The number of nitro benzene ring substituents is 1. The van der Waals surface area contributed by atoms with Crippen LogP contribution in [0.4, 0.5) is 5.69 Å². The van der Waals surface area contributed by atoms with Crippen LogP contribution >= 0.6 is 0 Å². The molecule has 0 amide bonds. The number of carbonyl (C=O) groups excluding carboxylic acids is 1. The van der Waals surface area contributed by atoms with E-state index in [0.29, 0.717) is 11.4 Å². The molecular formula is C22H21N3O4. The Morgan fingerprint density at radius 2 is 1.79 bits per heavy atom. The van der Waals surface area contributed by atoms with Gasteiger partial charge in [-0.2, -0.15) is 5.10 Å². The second kappa shape index (κ2) is 8.52. The van der Waals surface area contributed by atoms with Gasteiger partial charge in [0.15, 0.2) is 0 Å². The lowest BCUT2D eigenvalue weighted by Crippen LogP contribution is -2.08. The van der Waals surface area contributed by atoms with Crippen LogP contribution in [0.5, 0.6) is 5.88 Å². The van der Waals surface area contributed by atoms with Crippen LogP contribution in [0.1, 0.15) is 36.6 Å². The Kier molecular flexibility index (Phi) is 5.87. The molecule has 3 rings (SSSR count). The van der Waals surface area contributed by atoms with Crippen molar-refractivity contribution in [3.63, 3.8) is 0 Å². The van der Waals surface area contributed by atoms with Crippen LogP contribution in [0.3, 0.4) is 0 Å². The molecule has 3 aromatic rings. The molecule has 0 aliphatic rings. The number of non-ortho nitro benzene ring substituents is 1. The van der Waals surface area contributed by atoms with E-state index in [-0.39, 0.29) is 11.6 Å². The minimum Gasteiger partial charge on any atom is -0.404 e. The Morgan fingerprint density at radius 1 is 1.14 bits per heavy atom. The standard InChI is InChI=1S/C22H21N3O4/c1-15(2)20-14-21(24(23-20)18-9-4-16(3)5-10-18)29-22(26)13-8-17-6-11-19(12-7-17)25(27)28/h4-15H,1-3H3/b13-8+. The van der Waals surface area contributed by atoms with E-state index in [9.17, 15) is 14.9 Å². The highest BCUT2D eigenvalue weighted by Gasteiger charge is 2.15. The Bertz CT molecular complexity index is 1050. The minimum absolute atomic E-state index is 0.00654. The number of rotatable bonds is 6. The smallest absolute Gasteiger partial charge is 0.337 e. The topological polar surface area (TPSA) is 87.3 Å². The van der Waals surface area contributed by atoms with Crippen molar-refractivity contribution in [1.29, 1.82) is 0 Å². The van der Waals surface area contributed by atoms with Crippen molar-refractivity contribution < 1.29 is 14.5 Å². The van der Waals surface area contributed by atoms with Crippen LogP contribution in [0.25, 0.3) is 11.8 Å². The Balaban J connectivity index is 1.80. The number of hydrogen-bond acceptors (Lipinski definition) is 5.